The molecule has 0 bridgehead atoms. The van der Waals surface area contributed by atoms with Crippen molar-refractivity contribution in [2.75, 3.05) is 6.61 Å². The second-order valence-corrected chi connectivity index (χ2v) is 5.13. The third-order valence-electron chi connectivity index (χ3n) is 3.22. The van der Waals surface area contributed by atoms with Crippen LogP contribution in [0.4, 0.5) is 0 Å². The zero-order chi connectivity index (χ0) is 14.4. The molecule has 0 saturated carbocycles. The predicted octanol–water partition coefficient (Wildman–Crippen LogP) is 4.59. The monoisotopic (exact) mass is 289 g/mol. The van der Waals surface area contributed by atoms with Crippen molar-refractivity contribution in [3.8, 4) is 5.75 Å². The molecule has 2 aromatic carbocycles. The highest BCUT2D eigenvalue weighted by molar-refractivity contribution is 6.30. The quantitative estimate of drug-likeness (QED) is 0.840. The number of rotatable bonds is 6. The van der Waals surface area contributed by atoms with Crippen molar-refractivity contribution in [1.82, 2.24) is 5.32 Å². The molecule has 0 aliphatic rings. The normalized spacial score (nSPS) is 12.2. The summed E-state index contributed by atoms with van der Waals surface area (Å²) in [6.07, 6.45) is 0. The van der Waals surface area contributed by atoms with E-state index in [4.69, 9.17) is 16.3 Å². The van der Waals surface area contributed by atoms with Gasteiger partial charge in [0.05, 0.1) is 6.61 Å². The minimum Gasteiger partial charge on any atom is -0.494 e. The molecule has 0 fully saturated rings. The van der Waals surface area contributed by atoms with Gasteiger partial charge in [-0.2, -0.15) is 0 Å². The van der Waals surface area contributed by atoms with Crippen molar-refractivity contribution in [2.24, 2.45) is 0 Å². The molecule has 1 atom stereocenters. The predicted molar refractivity (Wildman–Crippen MR) is 84.3 cm³/mol. The van der Waals surface area contributed by atoms with E-state index in [1.165, 1.54) is 5.56 Å². The molecular weight excluding hydrogens is 270 g/mol. The standard InChI is InChI=1S/C17H20ClNO/c1-3-20-17-10-9-16(18)11-15(17)12-19-13(2)14-7-5-4-6-8-14/h4-11,13,19H,3,12H2,1-2H3/t13-/m1/s1. The number of ether oxygens (including phenoxy) is 1. The lowest BCUT2D eigenvalue weighted by molar-refractivity contribution is 0.335. The molecule has 0 aliphatic carbocycles. The fraction of sp³-hybridized carbons (Fsp3) is 0.294. The van der Waals surface area contributed by atoms with E-state index in [9.17, 15) is 0 Å². The number of benzene rings is 2. The van der Waals surface area contributed by atoms with Crippen LogP contribution in [0.2, 0.25) is 5.02 Å². The molecule has 0 amide bonds. The average molecular weight is 290 g/mol. The van der Waals surface area contributed by atoms with Crippen molar-refractivity contribution in [3.05, 3.63) is 64.7 Å². The van der Waals surface area contributed by atoms with Crippen LogP contribution in [-0.4, -0.2) is 6.61 Å². The van der Waals surface area contributed by atoms with Crippen LogP contribution in [0.3, 0.4) is 0 Å². The molecule has 106 valence electrons. The van der Waals surface area contributed by atoms with Crippen LogP contribution in [0, 0.1) is 0 Å². The lowest BCUT2D eigenvalue weighted by Crippen LogP contribution is -2.18. The summed E-state index contributed by atoms with van der Waals surface area (Å²) in [5.41, 5.74) is 2.36. The van der Waals surface area contributed by atoms with E-state index in [1.54, 1.807) is 0 Å². The maximum Gasteiger partial charge on any atom is 0.123 e. The van der Waals surface area contributed by atoms with Gasteiger partial charge in [-0.3, -0.25) is 0 Å². The molecule has 2 aromatic rings. The third-order valence-corrected chi connectivity index (χ3v) is 3.46. The van der Waals surface area contributed by atoms with Crippen LogP contribution in [-0.2, 0) is 6.54 Å². The van der Waals surface area contributed by atoms with Crippen LogP contribution in [0.5, 0.6) is 5.75 Å². The minimum atomic E-state index is 0.282. The van der Waals surface area contributed by atoms with E-state index >= 15 is 0 Å². The second-order valence-electron chi connectivity index (χ2n) is 4.70. The molecule has 0 spiro atoms. The Balaban J connectivity index is 2.05. The Morgan fingerprint density at radius 2 is 1.90 bits per heavy atom. The van der Waals surface area contributed by atoms with Gasteiger partial charge in [-0.1, -0.05) is 41.9 Å². The lowest BCUT2D eigenvalue weighted by Gasteiger charge is -2.16. The molecular formula is C17H20ClNO. The van der Waals surface area contributed by atoms with E-state index < -0.39 is 0 Å². The van der Waals surface area contributed by atoms with Gasteiger partial charge in [0.25, 0.3) is 0 Å². The molecule has 0 radical (unpaired) electrons. The van der Waals surface area contributed by atoms with Crippen LogP contribution in [0.25, 0.3) is 0 Å². The van der Waals surface area contributed by atoms with Crippen LogP contribution in [0.15, 0.2) is 48.5 Å². The minimum absolute atomic E-state index is 0.282. The molecule has 0 aromatic heterocycles. The maximum absolute atomic E-state index is 6.07. The molecule has 20 heavy (non-hydrogen) atoms. The number of hydrogen-bond donors (Lipinski definition) is 1. The molecule has 0 unspecified atom stereocenters. The highest BCUT2D eigenvalue weighted by atomic mass is 35.5. The van der Waals surface area contributed by atoms with Crippen LogP contribution < -0.4 is 10.1 Å². The van der Waals surface area contributed by atoms with Crippen molar-refractivity contribution < 1.29 is 4.74 Å². The van der Waals surface area contributed by atoms with Crippen molar-refractivity contribution in [2.45, 2.75) is 26.4 Å². The summed E-state index contributed by atoms with van der Waals surface area (Å²) in [6, 6.07) is 16.4. The Hall–Kier alpha value is -1.51. The van der Waals surface area contributed by atoms with E-state index in [1.807, 2.05) is 31.2 Å². The molecule has 1 N–H and O–H groups in total. The van der Waals surface area contributed by atoms with Gasteiger partial charge in [-0.15, -0.1) is 0 Å². The Bertz CT molecular complexity index is 542. The Morgan fingerprint density at radius 3 is 2.60 bits per heavy atom. The largest absolute Gasteiger partial charge is 0.494 e. The summed E-state index contributed by atoms with van der Waals surface area (Å²) < 4.78 is 5.63. The van der Waals surface area contributed by atoms with Crippen LogP contribution in [0.1, 0.15) is 31.0 Å². The van der Waals surface area contributed by atoms with Gasteiger partial charge in [0.15, 0.2) is 0 Å². The lowest BCUT2D eigenvalue weighted by atomic mass is 10.1. The molecule has 2 rings (SSSR count). The zero-order valence-corrected chi connectivity index (χ0v) is 12.7. The molecule has 0 saturated heterocycles. The van der Waals surface area contributed by atoms with Gasteiger partial charge >= 0.3 is 0 Å². The topological polar surface area (TPSA) is 21.3 Å². The summed E-state index contributed by atoms with van der Waals surface area (Å²) >= 11 is 6.07. The van der Waals surface area contributed by atoms with E-state index in [0.717, 1.165) is 22.9 Å². The van der Waals surface area contributed by atoms with Gasteiger partial charge in [0.2, 0.25) is 0 Å². The van der Waals surface area contributed by atoms with Crippen molar-refractivity contribution in [3.63, 3.8) is 0 Å². The average Bonchev–Trinajstić information content (AvgIpc) is 2.48. The maximum atomic E-state index is 6.07. The van der Waals surface area contributed by atoms with E-state index in [-0.39, 0.29) is 6.04 Å². The van der Waals surface area contributed by atoms with Gasteiger partial charge in [-0.05, 0) is 37.6 Å². The Morgan fingerprint density at radius 1 is 1.15 bits per heavy atom. The Labute approximate surface area is 125 Å². The van der Waals surface area contributed by atoms with Crippen molar-refractivity contribution in [1.29, 1.82) is 0 Å². The van der Waals surface area contributed by atoms with Gasteiger partial charge in [0, 0.05) is 23.2 Å². The summed E-state index contributed by atoms with van der Waals surface area (Å²) in [4.78, 5) is 0. The highest BCUT2D eigenvalue weighted by Crippen LogP contribution is 2.24. The first-order valence-electron chi connectivity index (χ1n) is 6.90. The third kappa shape index (κ3) is 3.99. The van der Waals surface area contributed by atoms with Gasteiger partial charge in [-0.25, -0.2) is 0 Å². The first-order valence-corrected chi connectivity index (χ1v) is 7.28. The number of nitrogens with one attached hydrogen (secondary N) is 1. The molecule has 2 nitrogen and oxygen atoms in total. The number of halogens is 1. The Kier molecular flexibility index (Phi) is 5.45. The zero-order valence-electron chi connectivity index (χ0n) is 11.9. The smallest absolute Gasteiger partial charge is 0.123 e. The van der Waals surface area contributed by atoms with Gasteiger partial charge in [0.1, 0.15) is 5.75 Å². The summed E-state index contributed by atoms with van der Waals surface area (Å²) in [6.45, 7) is 5.52. The number of hydrogen-bond acceptors (Lipinski definition) is 2. The fourth-order valence-corrected chi connectivity index (χ4v) is 2.30. The fourth-order valence-electron chi connectivity index (χ4n) is 2.11. The van der Waals surface area contributed by atoms with E-state index in [0.29, 0.717) is 6.61 Å². The highest BCUT2D eigenvalue weighted by Gasteiger charge is 2.08. The van der Waals surface area contributed by atoms with Crippen molar-refractivity contribution >= 4 is 11.6 Å². The summed E-state index contributed by atoms with van der Waals surface area (Å²) in [5, 5.41) is 4.24. The summed E-state index contributed by atoms with van der Waals surface area (Å²) in [5.74, 6) is 0.893. The van der Waals surface area contributed by atoms with Gasteiger partial charge < -0.3 is 10.1 Å². The summed E-state index contributed by atoms with van der Waals surface area (Å²) in [7, 11) is 0. The molecule has 0 heterocycles. The first-order chi connectivity index (χ1) is 9.70. The molecule has 3 heteroatoms. The molecule has 0 aliphatic heterocycles. The van der Waals surface area contributed by atoms with E-state index in [2.05, 4.69) is 36.5 Å². The second kappa shape index (κ2) is 7.32. The SMILES string of the molecule is CCOc1ccc(Cl)cc1CN[C@H](C)c1ccccc1. The first kappa shape index (κ1) is 14.9. The van der Waals surface area contributed by atoms with Crippen LogP contribution >= 0.6 is 11.6 Å².